The van der Waals surface area contributed by atoms with Crippen LogP contribution < -0.4 is 10.6 Å². The average molecular weight is 385 g/mol. The Balaban J connectivity index is 1.45. The molecule has 1 saturated heterocycles. The van der Waals surface area contributed by atoms with E-state index in [1.165, 1.54) is 0 Å². The van der Waals surface area contributed by atoms with Crippen molar-refractivity contribution in [3.05, 3.63) is 102 Å². The van der Waals surface area contributed by atoms with Crippen LogP contribution in [0.5, 0.6) is 0 Å². The van der Waals surface area contributed by atoms with Gasteiger partial charge in [0.2, 0.25) is 5.90 Å². The van der Waals surface area contributed by atoms with Gasteiger partial charge in [-0.2, -0.15) is 0 Å². The molecule has 0 amide bonds. The van der Waals surface area contributed by atoms with Gasteiger partial charge in [0.25, 0.3) is 0 Å². The molecule has 2 aliphatic rings. The maximum Gasteiger partial charge on any atom is 0.216 e. The van der Waals surface area contributed by atoms with Crippen molar-refractivity contribution < 1.29 is 9.47 Å². The van der Waals surface area contributed by atoms with Gasteiger partial charge in [-0.05, 0) is 29.3 Å². The lowest BCUT2D eigenvalue weighted by molar-refractivity contribution is 0.178. The number of benzene rings is 3. The van der Waals surface area contributed by atoms with Gasteiger partial charge in [0.05, 0.1) is 6.61 Å². The van der Waals surface area contributed by atoms with Gasteiger partial charge in [-0.15, -0.1) is 0 Å². The average Bonchev–Trinajstić information content (AvgIpc) is 3.43. The van der Waals surface area contributed by atoms with Crippen molar-refractivity contribution in [1.82, 2.24) is 0 Å². The van der Waals surface area contributed by atoms with Crippen LogP contribution in [0.25, 0.3) is 0 Å². The molecule has 0 spiro atoms. The zero-order chi connectivity index (χ0) is 19.7. The summed E-state index contributed by atoms with van der Waals surface area (Å²) in [7, 11) is 0. The maximum absolute atomic E-state index is 6.80. The molecule has 3 aromatic rings. The lowest BCUT2D eigenvalue weighted by atomic mass is 9.99. The molecular formula is C24H23N3O2. The molecule has 29 heavy (non-hydrogen) atoms. The van der Waals surface area contributed by atoms with Crippen LogP contribution in [-0.2, 0) is 15.1 Å². The van der Waals surface area contributed by atoms with Gasteiger partial charge >= 0.3 is 0 Å². The summed E-state index contributed by atoms with van der Waals surface area (Å²) >= 11 is 0. The zero-order valence-corrected chi connectivity index (χ0v) is 16.1. The van der Waals surface area contributed by atoms with Crippen molar-refractivity contribution >= 4 is 11.6 Å². The van der Waals surface area contributed by atoms with Crippen LogP contribution in [0.15, 0.2) is 89.9 Å². The minimum atomic E-state index is -0.704. The highest BCUT2D eigenvalue weighted by molar-refractivity contribution is 5.96. The quantitative estimate of drug-likeness (QED) is 0.742. The lowest BCUT2D eigenvalue weighted by Crippen LogP contribution is -2.51. The molecule has 1 fully saturated rings. The van der Waals surface area contributed by atoms with Gasteiger partial charge in [-0.25, -0.2) is 4.99 Å². The summed E-state index contributed by atoms with van der Waals surface area (Å²) in [5, 5.41) is 0. The minimum Gasteiger partial charge on any atom is -0.475 e. The Morgan fingerprint density at radius 1 is 0.931 bits per heavy atom. The molecule has 5 rings (SSSR count). The third-order valence-corrected chi connectivity index (χ3v) is 5.54. The molecule has 5 heteroatoms. The molecule has 146 valence electrons. The van der Waals surface area contributed by atoms with Crippen molar-refractivity contribution in [2.45, 2.75) is 11.7 Å². The molecule has 0 bridgehead atoms. The number of aliphatic imine (C=N–C) groups is 1. The fourth-order valence-electron chi connectivity index (χ4n) is 3.94. The first-order chi connectivity index (χ1) is 14.2. The number of hydrogen-bond donors (Lipinski definition) is 1. The van der Waals surface area contributed by atoms with Gasteiger partial charge in [-0.1, -0.05) is 66.7 Å². The molecule has 5 nitrogen and oxygen atoms in total. The van der Waals surface area contributed by atoms with E-state index in [0.29, 0.717) is 25.8 Å². The summed E-state index contributed by atoms with van der Waals surface area (Å²) in [6.45, 7) is 1.44. The van der Waals surface area contributed by atoms with Crippen LogP contribution in [-0.4, -0.2) is 25.8 Å². The highest BCUT2D eigenvalue weighted by Gasteiger charge is 2.40. The van der Waals surface area contributed by atoms with Crippen LogP contribution in [0.3, 0.4) is 0 Å². The van der Waals surface area contributed by atoms with E-state index in [1.54, 1.807) is 0 Å². The molecule has 3 aromatic carbocycles. The van der Waals surface area contributed by atoms with Gasteiger partial charge in [0, 0.05) is 11.3 Å². The van der Waals surface area contributed by atoms with E-state index in [2.05, 4.69) is 23.1 Å². The molecule has 0 aromatic heterocycles. The van der Waals surface area contributed by atoms with Crippen molar-refractivity contribution in [2.24, 2.45) is 10.7 Å². The molecule has 0 saturated carbocycles. The number of nitrogens with two attached hydrogens (primary N) is 1. The number of nitrogens with zero attached hydrogens (tertiary/aromatic N) is 2. The Labute approximate surface area is 170 Å². The largest absolute Gasteiger partial charge is 0.475 e. The summed E-state index contributed by atoms with van der Waals surface area (Å²) in [4.78, 5) is 6.90. The smallest absolute Gasteiger partial charge is 0.216 e. The molecule has 0 aliphatic carbocycles. The SMILES string of the molecule is N[C@@]1(c2ccccc2)COCN1c1cccc(C2=N[C@H](c3ccccc3)CO2)c1. The topological polar surface area (TPSA) is 60.1 Å². The summed E-state index contributed by atoms with van der Waals surface area (Å²) in [6.07, 6.45) is 0. The predicted octanol–water partition coefficient (Wildman–Crippen LogP) is 3.81. The first-order valence-electron chi connectivity index (χ1n) is 9.80. The normalized spacial score (nSPS) is 23.7. The second-order valence-corrected chi connectivity index (χ2v) is 7.42. The van der Waals surface area contributed by atoms with E-state index in [1.807, 2.05) is 66.7 Å². The van der Waals surface area contributed by atoms with E-state index in [4.69, 9.17) is 20.2 Å². The first kappa shape index (κ1) is 17.9. The van der Waals surface area contributed by atoms with E-state index in [0.717, 1.165) is 22.4 Å². The molecule has 0 unspecified atom stereocenters. The fourth-order valence-corrected chi connectivity index (χ4v) is 3.94. The van der Waals surface area contributed by atoms with E-state index in [9.17, 15) is 0 Å². The van der Waals surface area contributed by atoms with Gasteiger partial charge in [-0.3, -0.25) is 0 Å². The number of ether oxygens (including phenoxy) is 2. The maximum atomic E-state index is 6.80. The fraction of sp³-hybridized carbons (Fsp3) is 0.208. The van der Waals surface area contributed by atoms with Gasteiger partial charge < -0.3 is 20.1 Å². The van der Waals surface area contributed by atoms with Crippen LogP contribution in [0.1, 0.15) is 22.7 Å². The lowest BCUT2D eigenvalue weighted by Gasteiger charge is -2.35. The Morgan fingerprint density at radius 3 is 2.48 bits per heavy atom. The van der Waals surface area contributed by atoms with E-state index >= 15 is 0 Å². The minimum absolute atomic E-state index is 0.0305. The molecule has 0 radical (unpaired) electrons. The molecule has 2 heterocycles. The highest BCUT2D eigenvalue weighted by Crippen LogP contribution is 2.34. The molecule has 2 aliphatic heterocycles. The Hall–Kier alpha value is -3.15. The summed E-state index contributed by atoms with van der Waals surface area (Å²) in [5.74, 6) is 0.670. The number of hydrogen-bond acceptors (Lipinski definition) is 5. The van der Waals surface area contributed by atoms with Crippen LogP contribution in [0, 0.1) is 0 Å². The van der Waals surface area contributed by atoms with Gasteiger partial charge in [0.15, 0.2) is 0 Å². The van der Waals surface area contributed by atoms with Crippen LogP contribution in [0.4, 0.5) is 5.69 Å². The van der Waals surface area contributed by atoms with Crippen LogP contribution in [0.2, 0.25) is 0 Å². The number of rotatable bonds is 4. The van der Waals surface area contributed by atoms with E-state index in [-0.39, 0.29) is 6.04 Å². The zero-order valence-electron chi connectivity index (χ0n) is 16.1. The Kier molecular flexibility index (Phi) is 4.54. The van der Waals surface area contributed by atoms with Crippen LogP contribution >= 0.6 is 0 Å². The van der Waals surface area contributed by atoms with Crippen molar-refractivity contribution in [3.63, 3.8) is 0 Å². The first-order valence-corrected chi connectivity index (χ1v) is 9.80. The second kappa shape index (κ2) is 7.35. The Morgan fingerprint density at radius 2 is 1.69 bits per heavy atom. The molecule has 2 N–H and O–H groups in total. The third-order valence-electron chi connectivity index (χ3n) is 5.54. The predicted molar refractivity (Wildman–Crippen MR) is 114 cm³/mol. The van der Waals surface area contributed by atoms with Gasteiger partial charge in [0.1, 0.15) is 25.0 Å². The summed E-state index contributed by atoms with van der Waals surface area (Å²) in [6, 6.07) is 28.5. The number of anilines is 1. The second-order valence-electron chi connectivity index (χ2n) is 7.42. The molecular weight excluding hydrogens is 362 g/mol. The standard InChI is InChI=1S/C24H23N3O2/c25-24(20-11-5-2-6-12-20)16-28-17-27(24)21-13-7-10-19(14-21)23-26-22(15-29-23)18-8-3-1-4-9-18/h1-14,22H,15-17,25H2/t22-,24-/m0/s1. The van der Waals surface area contributed by atoms with Crippen molar-refractivity contribution in [3.8, 4) is 0 Å². The summed E-state index contributed by atoms with van der Waals surface area (Å²) < 4.78 is 11.7. The monoisotopic (exact) mass is 385 g/mol. The third kappa shape index (κ3) is 3.28. The molecule has 2 atom stereocenters. The Bertz CT molecular complexity index is 1020. The van der Waals surface area contributed by atoms with Crippen molar-refractivity contribution in [1.29, 1.82) is 0 Å². The highest BCUT2D eigenvalue weighted by atomic mass is 16.5. The van der Waals surface area contributed by atoms with E-state index < -0.39 is 5.66 Å². The van der Waals surface area contributed by atoms with Crippen molar-refractivity contribution in [2.75, 3.05) is 24.8 Å². The summed E-state index contributed by atoms with van der Waals surface area (Å²) in [5.41, 5.74) is 10.2.